The average molecular weight is 240 g/mol. The molecule has 1 fully saturated rings. The van der Waals surface area contributed by atoms with Crippen molar-refractivity contribution in [2.45, 2.75) is 19.6 Å². The normalized spacial score (nSPS) is 24.1. The van der Waals surface area contributed by atoms with Crippen LogP contribution in [-0.2, 0) is 9.47 Å². The molecule has 94 valence electrons. The number of nitrogens with one attached hydrogen (secondary N) is 1. The van der Waals surface area contributed by atoms with Gasteiger partial charge in [-0.05, 0) is 13.3 Å². The number of hydrogen-bond acceptors (Lipinski definition) is 4. The van der Waals surface area contributed by atoms with E-state index in [1.165, 1.54) is 16.8 Å². The van der Waals surface area contributed by atoms with Gasteiger partial charge in [0.15, 0.2) is 0 Å². The van der Waals surface area contributed by atoms with Gasteiger partial charge in [-0.1, -0.05) is 0 Å². The molecule has 1 aliphatic heterocycles. The van der Waals surface area contributed by atoms with E-state index in [9.17, 15) is 9.59 Å². The van der Waals surface area contributed by atoms with Gasteiger partial charge >= 0.3 is 5.69 Å². The Bertz CT molecular complexity index is 479. The Morgan fingerprint density at radius 1 is 1.59 bits per heavy atom. The van der Waals surface area contributed by atoms with Crippen LogP contribution in [0.4, 0.5) is 0 Å². The lowest BCUT2D eigenvalue weighted by Gasteiger charge is -2.12. The highest BCUT2D eigenvalue weighted by Gasteiger charge is 2.27. The Hall–Kier alpha value is -1.40. The molecule has 6 heteroatoms. The van der Waals surface area contributed by atoms with Crippen LogP contribution in [0.2, 0.25) is 0 Å². The summed E-state index contributed by atoms with van der Waals surface area (Å²) in [6.07, 6.45) is 1.89. The zero-order valence-corrected chi connectivity index (χ0v) is 9.72. The van der Waals surface area contributed by atoms with E-state index < -0.39 is 11.2 Å². The van der Waals surface area contributed by atoms with E-state index in [0.29, 0.717) is 25.7 Å². The van der Waals surface area contributed by atoms with E-state index in [1.807, 2.05) is 6.92 Å². The summed E-state index contributed by atoms with van der Waals surface area (Å²) in [6.45, 7) is 3.85. The summed E-state index contributed by atoms with van der Waals surface area (Å²) in [5, 5.41) is 0. The average Bonchev–Trinajstić information content (AvgIpc) is 2.75. The molecular weight excluding hydrogens is 224 g/mol. The number of ether oxygens (including phenoxy) is 2. The van der Waals surface area contributed by atoms with Crippen LogP contribution in [0.3, 0.4) is 0 Å². The van der Waals surface area contributed by atoms with Crippen molar-refractivity contribution in [2.75, 3.05) is 19.8 Å². The van der Waals surface area contributed by atoms with E-state index in [2.05, 4.69) is 4.98 Å². The summed E-state index contributed by atoms with van der Waals surface area (Å²) in [5.41, 5.74) is -0.824. The molecule has 17 heavy (non-hydrogen) atoms. The molecule has 0 bridgehead atoms. The second-order valence-electron chi connectivity index (χ2n) is 4.07. The monoisotopic (exact) mass is 240 g/mol. The number of nitrogens with zero attached hydrogens (tertiary/aromatic N) is 1. The summed E-state index contributed by atoms with van der Waals surface area (Å²) >= 11 is 0. The van der Waals surface area contributed by atoms with Gasteiger partial charge in [-0.25, -0.2) is 4.79 Å². The van der Waals surface area contributed by atoms with E-state index >= 15 is 0 Å². The lowest BCUT2D eigenvalue weighted by Crippen LogP contribution is -2.31. The summed E-state index contributed by atoms with van der Waals surface area (Å²) < 4.78 is 12.3. The molecule has 0 amide bonds. The predicted molar refractivity (Wildman–Crippen MR) is 60.9 cm³/mol. The molecule has 2 atom stereocenters. The van der Waals surface area contributed by atoms with Crippen molar-refractivity contribution in [3.8, 4) is 0 Å². The first-order valence-corrected chi connectivity index (χ1v) is 5.71. The van der Waals surface area contributed by atoms with Gasteiger partial charge in [0.25, 0.3) is 5.56 Å². The Labute approximate surface area is 98.2 Å². The van der Waals surface area contributed by atoms with E-state index in [-0.39, 0.29) is 6.23 Å². The van der Waals surface area contributed by atoms with Crippen molar-refractivity contribution in [3.05, 3.63) is 33.1 Å². The van der Waals surface area contributed by atoms with Crippen LogP contribution >= 0.6 is 0 Å². The van der Waals surface area contributed by atoms with Gasteiger partial charge in [0.2, 0.25) is 0 Å². The maximum atomic E-state index is 11.5. The molecule has 0 aliphatic carbocycles. The van der Waals surface area contributed by atoms with Gasteiger partial charge in [0, 0.05) is 24.8 Å². The summed E-state index contributed by atoms with van der Waals surface area (Å²) in [4.78, 5) is 24.7. The molecule has 6 nitrogen and oxygen atoms in total. The summed E-state index contributed by atoms with van der Waals surface area (Å²) in [7, 11) is 0. The van der Waals surface area contributed by atoms with Gasteiger partial charge in [0.1, 0.15) is 6.23 Å². The van der Waals surface area contributed by atoms with Crippen LogP contribution in [0.15, 0.2) is 21.9 Å². The second-order valence-corrected chi connectivity index (χ2v) is 4.07. The molecule has 0 saturated carbocycles. The quantitative estimate of drug-likeness (QED) is 0.810. The van der Waals surface area contributed by atoms with Crippen LogP contribution in [-0.4, -0.2) is 29.4 Å². The van der Waals surface area contributed by atoms with E-state index in [4.69, 9.17) is 9.47 Å². The molecule has 0 radical (unpaired) electrons. The Balaban J connectivity index is 2.05. The van der Waals surface area contributed by atoms with Crippen molar-refractivity contribution in [1.82, 2.24) is 9.55 Å². The predicted octanol–water partition coefficient (Wildman–Crippen LogP) is 0.108. The van der Waals surface area contributed by atoms with Crippen molar-refractivity contribution >= 4 is 0 Å². The maximum Gasteiger partial charge on any atom is 0.330 e. The third-order valence-electron chi connectivity index (χ3n) is 2.78. The highest BCUT2D eigenvalue weighted by molar-refractivity contribution is 4.85. The van der Waals surface area contributed by atoms with Crippen LogP contribution in [0.1, 0.15) is 19.6 Å². The third-order valence-corrected chi connectivity index (χ3v) is 2.78. The van der Waals surface area contributed by atoms with Crippen molar-refractivity contribution in [3.63, 3.8) is 0 Å². The Morgan fingerprint density at radius 3 is 3.12 bits per heavy atom. The number of H-pyrrole nitrogens is 1. The van der Waals surface area contributed by atoms with Crippen LogP contribution in [0.25, 0.3) is 0 Å². The van der Waals surface area contributed by atoms with Gasteiger partial charge in [-0.2, -0.15) is 0 Å². The first-order valence-electron chi connectivity index (χ1n) is 5.71. The number of hydrogen-bond donors (Lipinski definition) is 1. The lowest BCUT2D eigenvalue weighted by atomic mass is 10.1. The molecule has 1 aromatic rings. The molecule has 2 rings (SSSR count). The summed E-state index contributed by atoms with van der Waals surface area (Å²) in [6, 6.07) is 1.32. The van der Waals surface area contributed by atoms with Crippen LogP contribution < -0.4 is 11.2 Å². The third kappa shape index (κ3) is 2.83. The van der Waals surface area contributed by atoms with Crippen molar-refractivity contribution in [2.24, 2.45) is 5.92 Å². The minimum atomic E-state index is -0.431. The fourth-order valence-corrected chi connectivity index (χ4v) is 1.92. The zero-order valence-electron chi connectivity index (χ0n) is 9.72. The smallest absolute Gasteiger partial charge is 0.330 e. The first kappa shape index (κ1) is 12.1. The van der Waals surface area contributed by atoms with Gasteiger partial charge in [-0.3, -0.25) is 14.3 Å². The SMILES string of the molecule is CCOC[C@H]1CO[C@@H](n2ccc(=O)[nH]c2=O)C1. The minimum absolute atomic E-state index is 0.301. The minimum Gasteiger partial charge on any atom is -0.381 e. The largest absolute Gasteiger partial charge is 0.381 e. The molecule has 1 aromatic heterocycles. The molecule has 1 saturated heterocycles. The number of aromatic amines is 1. The molecule has 0 aromatic carbocycles. The Kier molecular flexibility index (Phi) is 3.75. The van der Waals surface area contributed by atoms with Gasteiger partial charge in [0.05, 0.1) is 13.2 Å². The van der Waals surface area contributed by atoms with Crippen LogP contribution in [0, 0.1) is 5.92 Å². The molecule has 2 heterocycles. The van der Waals surface area contributed by atoms with Crippen LogP contribution in [0.5, 0.6) is 0 Å². The highest BCUT2D eigenvalue weighted by Crippen LogP contribution is 2.26. The van der Waals surface area contributed by atoms with Crippen molar-refractivity contribution < 1.29 is 9.47 Å². The topological polar surface area (TPSA) is 73.3 Å². The van der Waals surface area contributed by atoms with Gasteiger partial charge in [-0.15, -0.1) is 0 Å². The highest BCUT2D eigenvalue weighted by atomic mass is 16.5. The maximum absolute atomic E-state index is 11.5. The summed E-state index contributed by atoms with van der Waals surface area (Å²) in [5.74, 6) is 0.304. The molecular formula is C11H16N2O4. The Morgan fingerprint density at radius 2 is 2.41 bits per heavy atom. The fraction of sp³-hybridized carbons (Fsp3) is 0.636. The van der Waals surface area contributed by atoms with Crippen molar-refractivity contribution in [1.29, 1.82) is 0 Å². The van der Waals surface area contributed by atoms with E-state index in [0.717, 1.165) is 6.42 Å². The molecule has 1 aliphatic rings. The number of rotatable bonds is 4. The molecule has 0 unspecified atom stereocenters. The lowest BCUT2D eigenvalue weighted by molar-refractivity contribution is 0.0456. The molecule has 1 N–H and O–H groups in total. The van der Waals surface area contributed by atoms with Gasteiger partial charge < -0.3 is 9.47 Å². The molecule has 0 spiro atoms. The standard InChI is InChI=1S/C11H16N2O4/c1-2-16-6-8-5-10(17-7-8)13-4-3-9(14)12-11(13)15/h3-4,8,10H,2,5-7H2,1H3,(H,12,14,15)/t8-,10+/m0/s1. The number of aromatic nitrogens is 2. The first-order chi connectivity index (χ1) is 8.20. The zero-order chi connectivity index (χ0) is 12.3. The fourth-order valence-electron chi connectivity index (χ4n) is 1.92. The second kappa shape index (κ2) is 5.29. The van der Waals surface area contributed by atoms with E-state index in [1.54, 1.807) is 0 Å².